The fourth-order valence-electron chi connectivity index (χ4n) is 2.07. The fraction of sp³-hybridized carbons (Fsp3) is 0.154. The number of hydrogen-bond acceptors (Lipinski definition) is 3. The van der Waals surface area contributed by atoms with Crippen LogP contribution in [0.4, 0.5) is 10.5 Å². The Labute approximate surface area is 117 Å². The van der Waals surface area contributed by atoms with Crippen LogP contribution in [0.1, 0.15) is 6.42 Å². The Morgan fingerprint density at radius 1 is 1.26 bits per heavy atom. The zero-order valence-electron chi connectivity index (χ0n) is 9.89. The van der Waals surface area contributed by atoms with Gasteiger partial charge in [-0.15, -0.1) is 0 Å². The second-order valence-corrected chi connectivity index (χ2v) is 5.20. The van der Waals surface area contributed by atoms with Crippen molar-refractivity contribution in [1.82, 2.24) is 10.3 Å². The Hall–Kier alpha value is -1.95. The summed E-state index contributed by atoms with van der Waals surface area (Å²) in [6.45, 7) is 0.400. The fourth-order valence-corrected chi connectivity index (χ4v) is 2.42. The Kier molecular flexibility index (Phi) is 2.94. The SMILES string of the molecule is O=C1CCN(c2ccc3ncc(Br)cc3c2)C(=O)N1. The van der Waals surface area contributed by atoms with Crippen LogP contribution in [0, 0.1) is 0 Å². The Balaban J connectivity index is 2.01. The molecule has 0 spiro atoms. The third-order valence-corrected chi connectivity index (χ3v) is 3.43. The monoisotopic (exact) mass is 319 g/mol. The summed E-state index contributed by atoms with van der Waals surface area (Å²) in [6.07, 6.45) is 2.05. The number of rotatable bonds is 1. The van der Waals surface area contributed by atoms with Gasteiger partial charge in [0.1, 0.15) is 0 Å². The van der Waals surface area contributed by atoms with Crippen molar-refractivity contribution < 1.29 is 9.59 Å². The number of pyridine rings is 1. The highest BCUT2D eigenvalue weighted by atomic mass is 79.9. The summed E-state index contributed by atoms with van der Waals surface area (Å²) < 4.78 is 0.885. The first-order valence-electron chi connectivity index (χ1n) is 5.80. The topological polar surface area (TPSA) is 62.3 Å². The van der Waals surface area contributed by atoms with Gasteiger partial charge in [-0.1, -0.05) is 0 Å². The van der Waals surface area contributed by atoms with Gasteiger partial charge in [-0.25, -0.2) is 4.79 Å². The molecule has 0 aliphatic carbocycles. The van der Waals surface area contributed by atoms with Crippen LogP contribution in [0.15, 0.2) is 34.9 Å². The lowest BCUT2D eigenvalue weighted by molar-refractivity contribution is -0.120. The summed E-state index contributed by atoms with van der Waals surface area (Å²) >= 11 is 3.37. The van der Waals surface area contributed by atoms with Crippen molar-refractivity contribution in [2.24, 2.45) is 0 Å². The maximum Gasteiger partial charge on any atom is 0.328 e. The number of nitrogens with one attached hydrogen (secondary N) is 1. The number of halogens is 1. The molecule has 0 atom stereocenters. The highest BCUT2D eigenvalue weighted by Crippen LogP contribution is 2.24. The molecule has 1 N–H and O–H groups in total. The molecule has 2 aromatic rings. The van der Waals surface area contributed by atoms with Crippen molar-refractivity contribution in [3.05, 3.63) is 34.9 Å². The molecule has 0 saturated carbocycles. The molecule has 6 heteroatoms. The lowest BCUT2D eigenvalue weighted by Gasteiger charge is -2.26. The van der Waals surface area contributed by atoms with Crippen LogP contribution < -0.4 is 10.2 Å². The predicted molar refractivity (Wildman–Crippen MR) is 74.9 cm³/mol. The normalized spacial score (nSPS) is 15.7. The van der Waals surface area contributed by atoms with Crippen LogP contribution in [0.2, 0.25) is 0 Å². The van der Waals surface area contributed by atoms with E-state index in [0.29, 0.717) is 13.0 Å². The van der Waals surface area contributed by atoms with Gasteiger partial charge in [-0.2, -0.15) is 0 Å². The second-order valence-electron chi connectivity index (χ2n) is 4.29. The number of aromatic nitrogens is 1. The zero-order chi connectivity index (χ0) is 13.4. The maximum atomic E-state index is 11.8. The molecule has 1 aliphatic rings. The molecule has 0 bridgehead atoms. The van der Waals surface area contributed by atoms with Crippen LogP contribution in [0.5, 0.6) is 0 Å². The largest absolute Gasteiger partial charge is 0.328 e. The average molecular weight is 320 g/mol. The molecular formula is C13H10BrN3O2. The number of urea groups is 1. The van der Waals surface area contributed by atoms with Gasteiger partial charge in [-0.3, -0.25) is 20.0 Å². The molecule has 0 radical (unpaired) electrons. The van der Waals surface area contributed by atoms with Crippen LogP contribution in [-0.2, 0) is 4.79 Å². The standard InChI is InChI=1S/C13H10BrN3O2/c14-9-5-8-6-10(1-2-11(8)15-7-9)17-4-3-12(18)16-13(17)19/h1-2,5-7H,3-4H2,(H,16,18,19). The number of fused-ring (bicyclic) bond motifs is 1. The van der Waals surface area contributed by atoms with Gasteiger partial charge in [0.05, 0.1) is 5.52 Å². The van der Waals surface area contributed by atoms with Gasteiger partial charge in [0.25, 0.3) is 0 Å². The molecule has 3 rings (SSSR count). The van der Waals surface area contributed by atoms with Gasteiger partial charge >= 0.3 is 6.03 Å². The first-order chi connectivity index (χ1) is 9.13. The van der Waals surface area contributed by atoms with Crippen LogP contribution >= 0.6 is 15.9 Å². The number of carbonyl (C=O) groups excluding carboxylic acids is 2. The highest BCUT2D eigenvalue weighted by Gasteiger charge is 2.24. The minimum Gasteiger partial charge on any atom is -0.294 e. The molecule has 1 fully saturated rings. The molecule has 19 heavy (non-hydrogen) atoms. The lowest BCUT2D eigenvalue weighted by Crippen LogP contribution is -2.49. The van der Waals surface area contributed by atoms with E-state index in [1.54, 1.807) is 11.1 Å². The number of carbonyl (C=O) groups is 2. The summed E-state index contributed by atoms with van der Waals surface area (Å²) in [5, 5.41) is 3.25. The van der Waals surface area contributed by atoms with Crippen molar-refractivity contribution in [3.8, 4) is 0 Å². The Morgan fingerprint density at radius 3 is 2.89 bits per heavy atom. The molecule has 3 amide bonds. The molecule has 2 heterocycles. The van der Waals surface area contributed by atoms with Crippen molar-refractivity contribution in [2.45, 2.75) is 6.42 Å². The maximum absolute atomic E-state index is 11.8. The lowest BCUT2D eigenvalue weighted by atomic mass is 10.1. The van der Waals surface area contributed by atoms with Crippen molar-refractivity contribution in [2.75, 3.05) is 11.4 Å². The third kappa shape index (κ3) is 2.31. The van der Waals surface area contributed by atoms with Crippen molar-refractivity contribution in [1.29, 1.82) is 0 Å². The Morgan fingerprint density at radius 2 is 2.11 bits per heavy atom. The molecule has 5 nitrogen and oxygen atoms in total. The molecule has 1 aromatic carbocycles. The van der Waals surface area contributed by atoms with E-state index in [1.807, 2.05) is 24.3 Å². The van der Waals surface area contributed by atoms with Crippen molar-refractivity contribution in [3.63, 3.8) is 0 Å². The predicted octanol–water partition coefficient (Wildman–Crippen LogP) is 2.44. The number of anilines is 1. The molecule has 1 aliphatic heterocycles. The van der Waals surface area contributed by atoms with Crippen LogP contribution in [-0.4, -0.2) is 23.5 Å². The molecule has 1 aromatic heterocycles. The summed E-state index contributed by atoms with van der Waals surface area (Å²) in [5.74, 6) is -0.230. The van der Waals surface area contributed by atoms with E-state index < -0.39 is 0 Å². The first kappa shape index (κ1) is 12.1. The number of imide groups is 1. The minimum atomic E-state index is -0.376. The molecular weight excluding hydrogens is 310 g/mol. The van der Waals surface area contributed by atoms with Crippen molar-refractivity contribution >= 4 is 44.5 Å². The quantitative estimate of drug-likeness (QED) is 0.878. The van der Waals surface area contributed by atoms with Gasteiger partial charge in [0, 0.05) is 34.7 Å². The smallest absolute Gasteiger partial charge is 0.294 e. The zero-order valence-corrected chi connectivity index (χ0v) is 11.5. The van der Waals surface area contributed by atoms with Crippen LogP contribution in [0.3, 0.4) is 0 Å². The van der Waals surface area contributed by atoms with E-state index in [2.05, 4.69) is 26.2 Å². The Bertz CT molecular complexity index is 687. The van der Waals surface area contributed by atoms with E-state index in [-0.39, 0.29) is 11.9 Å². The van der Waals surface area contributed by atoms with Gasteiger partial charge < -0.3 is 0 Å². The summed E-state index contributed by atoms with van der Waals surface area (Å²) in [7, 11) is 0. The summed E-state index contributed by atoms with van der Waals surface area (Å²) in [6, 6.07) is 7.15. The molecule has 96 valence electrons. The number of nitrogens with zero attached hydrogens (tertiary/aromatic N) is 2. The van der Waals surface area contributed by atoms with E-state index in [0.717, 1.165) is 21.1 Å². The number of benzene rings is 1. The third-order valence-electron chi connectivity index (χ3n) is 3.00. The van der Waals surface area contributed by atoms with Gasteiger partial charge in [-0.05, 0) is 40.2 Å². The minimum absolute atomic E-state index is 0.230. The van der Waals surface area contributed by atoms with Gasteiger partial charge in [0.15, 0.2) is 0 Å². The van der Waals surface area contributed by atoms with E-state index in [4.69, 9.17) is 0 Å². The van der Waals surface area contributed by atoms with E-state index in [1.165, 1.54) is 0 Å². The van der Waals surface area contributed by atoms with E-state index >= 15 is 0 Å². The average Bonchev–Trinajstić information content (AvgIpc) is 2.38. The highest BCUT2D eigenvalue weighted by molar-refractivity contribution is 9.10. The first-order valence-corrected chi connectivity index (χ1v) is 6.59. The van der Waals surface area contributed by atoms with Crippen LogP contribution in [0.25, 0.3) is 10.9 Å². The molecule has 1 saturated heterocycles. The second kappa shape index (κ2) is 4.62. The summed E-state index contributed by atoms with van der Waals surface area (Å²) in [5.41, 5.74) is 1.62. The number of hydrogen-bond donors (Lipinski definition) is 1. The molecule has 0 unspecified atom stereocenters. The number of amides is 3. The van der Waals surface area contributed by atoms with E-state index in [9.17, 15) is 9.59 Å². The van der Waals surface area contributed by atoms with Gasteiger partial charge in [0.2, 0.25) is 5.91 Å². The summed E-state index contributed by atoms with van der Waals surface area (Å²) in [4.78, 5) is 28.7.